The summed E-state index contributed by atoms with van der Waals surface area (Å²) in [6, 6.07) is 7.27. The van der Waals surface area contributed by atoms with E-state index in [1.54, 1.807) is 26.8 Å². The van der Waals surface area contributed by atoms with E-state index in [0.717, 1.165) is 21.2 Å². The minimum Gasteiger partial charge on any atom is -0.476 e. The first-order valence-electron chi connectivity index (χ1n) is 10.5. The van der Waals surface area contributed by atoms with Gasteiger partial charge in [0.05, 0.1) is 13.2 Å². The van der Waals surface area contributed by atoms with Crippen LogP contribution in [0.1, 0.15) is 46.1 Å². The molecule has 0 aliphatic carbocycles. The Balaban J connectivity index is 2.14. The summed E-state index contributed by atoms with van der Waals surface area (Å²) in [5, 5.41) is 3.95. The fourth-order valence-electron chi connectivity index (χ4n) is 2.89. The normalized spacial score (nSPS) is 11.3. The third-order valence-electron chi connectivity index (χ3n) is 4.63. The lowest BCUT2D eigenvalue weighted by molar-refractivity contribution is -0.158. The summed E-state index contributed by atoms with van der Waals surface area (Å²) < 4.78 is 18.8. The number of esters is 1. The number of ether oxygens (including phenoxy) is 3. The second-order valence-electron chi connectivity index (χ2n) is 7.56. The van der Waals surface area contributed by atoms with Crippen LogP contribution in [0.15, 0.2) is 33.9 Å². The third-order valence-corrected chi connectivity index (χ3v) is 4.63. The number of carbonyl (C=O) groups is 1. The Bertz CT molecular complexity index is 1010. The maximum Gasteiger partial charge on any atom is 0.349 e. The van der Waals surface area contributed by atoms with Crippen LogP contribution in [0, 0.1) is 0 Å². The van der Waals surface area contributed by atoms with Crippen LogP contribution in [0.4, 0.5) is 0 Å². The number of hydrogen-bond acceptors (Lipinski definition) is 7. The van der Waals surface area contributed by atoms with E-state index in [1.807, 2.05) is 25.1 Å². The topological polar surface area (TPSA) is 102 Å². The van der Waals surface area contributed by atoms with Crippen molar-refractivity contribution in [1.82, 2.24) is 14.3 Å². The van der Waals surface area contributed by atoms with E-state index in [4.69, 9.17) is 14.2 Å². The Morgan fingerprint density at radius 1 is 1.16 bits per heavy atom. The monoisotopic (exact) mass is 433 g/mol. The van der Waals surface area contributed by atoms with Crippen molar-refractivity contribution in [1.29, 1.82) is 0 Å². The largest absolute Gasteiger partial charge is 0.476 e. The van der Waals surface area contributed by atoms with E-state index in [-0.39, 0.29) is 19.1 Å². The second kappa shape index (κ2) is 10.8. The van der Waals surface area contributed by atoms with Crippen molar-refractivity contribution in [3.63, 3.8) is 0 Å². The highest BCUT2D eigenvalue weighted by Gasteiger charge is 2.32. The van der Waals surface area contributed by atoms with Crippen molar-refractivity contribution in [3.05, 3.63) is 50.7 Å². The van der Waals surface area contributed by atoms with E-state index >= 15 is 0 Å². The highest BCUT2D eigenvalue weighted by molar-refractivity contribution is 5.79. The molecule has 2 aromatic rings. The van der Waals surface area contributed by atoms with E-state index in [9.17, 15) is 14.4 Å². The Labute approximate surface area is 181 Å². The van der Waals surface area contributed by atoms with Crippen molar-refractivity contribution in [2.45, 2.75) is 59.1 Å². The average Bonchev–Trinajstić information content (AvgIpc) is 2.73. The van der Waals surface area contributed by atoms with E-state index in [0.29, 0.717) is 25.1 Å². The number of unbranched alkanes of at least 4 members (excludes halogenated alkanes) is 1. The van der Waals surface area contributed by atoms with Crippen LogP contribution in [0.5, 0.6) is 11.6 Å². The number of benzene rings is 1. The number of hydrogen-bond donors (Lipinski definition) is 0. The smallest absolute Gasteiger partial charge is 0.349 e. The van der Waals surface area contributed by atoms with Gasteiger partial charge in [-0.15, -0.1) is 5.10 Å². The number of aromatic nitrogens is 3. The summed E-state index contributed by atoms with van der Waals surface area (Å²) in [5.74, 6) is -0.0514. The van der Waals surface area contributed by atoms with Crippen LogP contribution in [0.2, 0.25) is 0 Å². The quantitative estimate of drug-likeness (QED) is 0.500. The molecule has 0 aliphatic rings. The highest BCUT2D eigenvalue weighted by atomic mass is 16.6. The summed E-state index contributed by atoms with van der Waals surface area (Å²) in [6.45, 7) is 7.75. The van der Waals surface area contributed by atoms with E-state index in [2.05, 4.69) is 5.10 Å². The molecule has 0 bridgehead atoms. The molecule has 31 heavy (non-hydrogen) atoms. The number of rotatable bonds is 11. The van der Waals surface area contributed by atoms with Crippen molar-refractivity contribution in [3.8, 4) is 11.6 Å². The molecule has 0 fully saturated rings. The first-order valence-corrected chi connectivity index (χ1v) is 10.5. The molecular formula is C22H31N3O6. The molecule has 1 aromatic carbocycles. The molecule has 1 aromatic heterocycles. The van der Waals surface area contributed by atoms with Gasteiger partial charge in [0.1, 0.15) is 5.75 Å². The molecule has 0 amide bonds. The van der Waals surface area contributed by atoms with Gasteiger partial charge in [0.25, 0.3) is 5.88 Å². The van der Waals surface area contributed by atoms with Gasteiger partial charge in [0.15, 0.2) is 5.60 Å². The molecule has 1 heterocycles. The molecule has 0 N–H and O–H groups in total. The van der Waals surface area contributed by atoms with Gasteiger partial charge in [-0.1, -0.05) is 31.5 Å². The van der Waals surface area contributed by atoms with Crippen LogP contribution in [0.25, 0.3) is 0 Å². The first kappa shape index (κ1) is 24.2. The summed E-state index contributed by atoms with van der Waals surface area (Å²) in [6.07, 6.45) is 1.97. The van der Waals surface area contributed by atoms with Crippen molar-refractivity contribution in [2.75, 3.05) is 13.2 Å². The molecule has 0 radical (unpaired) electrons. The minimum atomic E-state index is -1.15. The molecule has 0 aliphatic heterocycles. The van der Waals surface area contributed by atoms with Crippen molar-refractivity contribution >= 4 is 5.97 Å². The molecular weight excluding hydrogens is 402 g/mol. The highest BCUT2D eigenvalue weighted by Crippen LogP contribution is 2.24. The zero-order valence-corrected chi connectivity index (χ0v) is 18.8. The summed E-state index contributed by atoms with van der Waals surface area (Å²) in [5.41, 5.74) is -1.36. The zero-order valence-electron chi connectivity index (χ0n) is 18.8. The molecule has 2 rings (SSSR count). The molecule has 9 heteroatoms. The number of nitrogens with zero attached hydrogens (tertiary/aromatic N) is 3. The number of aryl methyl sites for hydroxylation is 1. The Morgan fingerprint density at radius 2 is 1.87 bits per heavy atom. The lowest BCUT2D eigenvalue weighted by Gasteiger charge is -2.25. The van der Waals surface area contributed by atoms with Crippen LogP contribution >= 0.6 is 0 Å². The summed E-state index contributed by atoms with van der Waals surface area (Å²) >= 11 is 0. The number of para-hydroxylation sites is 1. The van der Waals surface area contributed by atoms with E-state index in [1.165, 1.54) is 7.05 Å². The lowest BCUT2D eigenvalue weighted by atomic mass is 10.1. The van der Waals surface area contributed by atoms with Crippen LogP contribution in [-0.4, -0.2) is 39.1 Å². The molecule has 0 saturated heterocycles. The van der Waals surface area contributed by atoms with Gasteiger partial charge in [-0.05, 0) is 38.8 Å². The zero-order chi connectivity index (χ0) is 23.0. The minimum absolute atomic E-state index is 0.122. The van der Waals surface area contributed by atoms with Gasteiger partial charge in [0, 0.05) is 20.0 Å². The summed E-state index contributed by atoms with van der Waals surface area (Å²) in [7, 11) is 1.48. The number of carbonyl (C=O) groups excluding carboxylic acids is 1. The van der Waals surface area contributed by atoms with Crippen LogP contribution in [-0.2, 0) is 29.5 Å². The predicted octanol–water partition coefficient (Wildman–Crippen LogP) is 2.08. The van der Waals surface area contributed by atoms with Gasteiger partial charge >= 0.3 is 17.2 Å². The maximum atomic E-state index is 12.6. The van der Waals surface area contributed by atoms with Crippen molar-refractivity contribution < 1.29 is 19.0 Å². The van der Waals surface area contributed by atoms with E-state index < -0.39 is 22.8 Å². The first-order chi connectivity index (χ1) is 14.7. The molecule has 9 nitrogen and oxygen atoms in total. The lowest BCUT2D eigenvalue weighted by Crippen LogP contribution is -2.41. The third kappa shape index (κ3) is 6.19. The van der Waals surface area contributed by atoms with Crippen LogP contribution in [0.3, 0.4) is 0 Å². The van der Waals surface area contributed by atoms with Gasteiger partial charge < -0.3 is 14.2 Å². The standard InChI is InChI=1S/C22H31N3O6/c1-6-8-14-25-19(26)18(23-24(5)21(25)28)30-15-13-16-11-9-10-12-17(16)31-22(3,4)20(27)29-7-2/h9-12H,6-8,13-15H2,1-5H3. The summed E-state index contributed by atoms with van der Waals surface area (Å²) in [4.78, 5) is 36.9. The fourth-order valence-corrected chi connectivity index (χ4v) is 2.89. The molecule has 0 spiro atoms. The van der Waals surface area contributed by atoms with Crippen molar-refractivity contribution in [2.24, 2.45) is 7.05 Å². The predicted molar refractivity (Wildman–Crippen MR) is 116 cm³/mol. The second-order valence-corrected chi connectivity index (χ2v) is 7.56. The average molecular weight is 434 g/mol. The van der Waals surface area contributed by atoms with Gasteiger partial charge in [0.2, 0.25) is 0 Å². The molecule has 0 saturated carbocycles. The maximum absolute atomic E-state index is 12.6. The van der Waals surface area contributed by atoms with Gasteiger partial charge in [-0.25, -0.2) is 14.3 Å². The Morgan fingerprint density at radius 3 is 2.55 bits per heavy atom. The molecule has 0 atom stereocenters. The van der Waals surface area contributed by atoms with Gasteiger partial charge in [-0.3, -0.25) is 9.36 Å². The van der Waals surface area contributed by atoms with Gasteiger partial charge in [-0.2, -0.15) is 0 Å². The fraction of sp³-hybridized carbons (Fsp3) is 0.545. The molecule has 0 unspecified atom stereocenters. The Hall–Kier alpha value is -3.10. The molecule has 170 valence electrons. The van der Waals surface area contributed by atoms with Crippen LogP contribution < -0.4 is 20.7 Å². The SMILES string of the molecule is CCCCn1c(=O)c(OCCc2ccccc2OC(C)(C)C(=O)OCC)nn(C)c1=O. The Kier molecular flexibility index (Phi) is 8.41.